The van der Waals surface area contributed by atoms with Gasteiger partial charge in [0.2, 0.25) is 0 Å². The summed E-state index contributed by atoms with van der Waals surface area (Å²) in [5.74, 6) is 0. The number of aromatic nitrogens is 1. The molecular formula is C16H12NS. The smallest absolute Gasteiger partial charge is 0.0943 e. The van der Waals surface area contributed by atoms with Crippen molar-refractivity contribution in [1.29, 1.82) is 0 Å². The van der Waals surface area contributed by atoms with E-state index < -0.39 is 0 Å². The highest BCUT2D eigenvalue weighted by Gasteiger charge is 2.12. The Balaban J connectivity index is 2.17. The minimum Gasteiger partial charge on any atom is -0.241 e. The number of hydrogen-bond acceptors (Lipinski definition) is 2. The quantitative estimate of drug-likeness (QED) is 0.644. The number of rotatable bonds is 2. The highest BCUT2D eigenvalue weighted by Crippen LogP contribution is 2.36. The van der Waals surface area contributed by atoms with E-state index in [2.05, 4.69) is 36.2 Å². The van der Waals surface area contributed by atoms with Gasteiger partial charge in [0.25, 0.3) is 0 Å². The fraction of sp³-hybridized carbons (Fsp3) is 0. The van der Waals surface area contributed by atoms with Crippen molar-refractivity contribution in [2.24, 2.45) is 0 Å². The van der Waals surface area contributed by atoms with Gasteiger partial charge in [-0.05, 0) is 5.56 Å². The molecular weight excluding hydrogens is 238 g/mol. The highest BCUT2D eigenvalue weighted by molar-refractivity contribution is 7.15. The van der Waals surface area contributed by atoms with Crippen molar-refractivity contribution in [2.45, 2.75) is 0 Å². The first-order valence-electron chi connectivity index (χ1n) is 5.78. The molecule has 0 aliphatic carbocycles. The summed E-state index contributed by atoms with van der Waals surface area (Å²) in [4.78, 5) is 5.75. The molecule has 0 bridgehead atoms. The van der Waals surface area contributed by atoms with Crippen molar-refractivity contribution in [2.75, 3.05) is 0 Å². The van der Waals surface area contributed by atoms with Crippen molar-refractivity contribution in [3.8, 4) is 21.7 Å². The molecule has 3 aromatic rings. The van der Waals surface area contributed by atoms with Crippen LogP contribution in [0.3, 0.4) is 0 Å². The molecule has 0 spiro atoms. The molecule has 0 amide bonds. The maximum atomic E-state index is 4.56. The van der Waals surface area contributed by atoms with Crippen molar-refractivity contribution in [3.05, 3.63) is 72.6 Å². The monoisotopic (exact) mass is 250 g/mol. The lowest BCUT2D eigenvalue weighted by Crippen LogP contribution is -1.81. The molecule has 1 aromatic heterocycles. The van der Waals surface area contributed by atoms with Crippen molar-refractivity contribution in [1.82, 2.24) is 4.98 Å². The second-order valence-corrected chi connectivity index (χ2v) is 5.10. The summed E-state index contributed by atoms with van der Waals surface area (Å²) in [6.45, 7) is 3.96. The summed E-state index contributed by atoms with van der Waals surface area (Å²) in [6, 6.07) is 20.6. The van der Waals surface area contributed by atoms with E-state index in [0.29, 0.717) is 0 Å². The molecule has 0 saturated carbocycles. The van der Waals surface area contributed by atoms with Crippen LogP contribution in [0.4, 0.5) is 0 Å². The third-order valence-corrected chi connectivity index (χ3v) is 3.71. The fourth-order valence-electron chi connectivity index (χ4n) is 1.94. The second-order valence-electron chi connectivity index (χ2n) is 4.02. The molecule has 0 atom stereocenters. The van der Waals surface area contributed by atoms with Crippen LogP contribution in [-0.2, 0) is 0 Å². The maximum absolute atomic E-state index is 4.56. The Morgan fingerprint density at radius 2 is 1.33 bits per heavy atom. The first-order chi connectivity index (χ1) is 8.84. The van der Waals surface area contributed by atoms with Crippen LogP contribution in [0.2, 0.25) is 0 Å². The molecule has 3 rings (SSSR count). The van der Waals surface area contributed by atoms with Crippen LogP contribution in [0, 0.1) is 6.92 Å². The molecule has 1 radical (unpaired) electrons. The van der Waals surface area contributed by atoms with Gasteiger partial charge in [0.05, 0.1) is 15.6 Å². The van der Waals surface area contributed by atoms with Crippen LogP contribution >= 0.6 is 11.3 Å². The van der Waals surface area contributed by atoms with E-state index in [-0.39, 0.29) is 0 Å². The number of benzene rings is 2. The van der Waals surface area contributed by atoms with Gasteiger partial charge in [-0.1, -0.05) is 60.7 Å². The number of hydrogen-bond donors (Lipinski definition) is 0. The van der Waals surface area contributed by atoms with Crippen LogP contribution < -0.4 is 0 Å². The lowest BCUT2D eigenvalue weighted by atomic mass is 10.1. The zero-order chi connectivity index (χ0) is 12.4. The SMILES string of the molecule is [CH2]c1nc(-c2ccccc2)c(-c2ccccc2)s1. The Bertz CT molecular complexity index is 584. The average Bonchev–Trinajstić information content (AvgIpc) is 2.83. The first-order valence-corrected chi connectivity index (χ1v) is 6.60. The van der Waals surface area contributed by atoms with Crippen molar-refractivity contribution >= 4 is 11.3 Å². The molecule has 0 unspecified atom stereocenters. The van der Waals surface area contributed by atoms with Gasteiger partial charge in [0.1, 0.15) is 0 Å². The summed E-state index contributed by atoms with van der Waals surface area (Å²) in [7, 11) is 0. The molecule has 1 nitrogen and oxygen atoms in total. The molecule has 0 saturated heterocycles. The van der Waals surface area contributed by atoms with Crippen molar-refractivity contribution < 1.29 is 0 Å². The summed E-state index contributed by atoms with van der Waals surface area (Å²) < 4.78 is 0. The average molecular weight is 250 g/mol. The van der Waals surface area contributed by atoms with E-state index >= 15 is 0 Å². The lowest BCUT2D eigenvalue weighted by Gasteiger charge is -2.02. The van der Waals surface area contributed by atoms with Gasteiger partial charge in [-0.15, -0.1) is 11.3 Å². The molecule has 2 aromatic carbocycles. The van der Waals surface area contributed by atoms with E-state index in [0.717, 1.165) is 16.3 Å². The largest absolute Gasteiger partial charge is 0.241 e. The molecule has 0 fully saturated rings. The van der Waals surface area contributed by atoms with Gasteiger partial charge in [-0.2, -0.15) is 0 Å². The minimum absolute atomic E-state index is 0.854. The normalized spacial score (nSPS) is 10.5. The molecule has 0 aliphatic heterocycles. The van der Waals surface area contributed by atoms with E-state index in [4.69, 9.17) is 0 Å². The Hall–Kier alpha value is -1.93. The molecule has 0 N–H and O–H groups in total. The summed E-state index contributed by atoms with van der Waals surface area (Å²) in [5, 5.41) is 0.854. The van der Waals surface area contributed by atoms with E-state index in [9.17, 15) is 0 Å². The predicted molar refractivity (Wildman–Crippen MR) is 77.4 cm³/mol. The molecule has 18 heavy (non-hydrogen) atoms. The first kappa shape index (κ1) is 11.2. The van der Waals surface area contributed by atoms with Gasteiger partial charge in [0, 0.05) is 12.5 Å². The van der Waals surface area contributed by atoms with Crippen LogP contribution in [0.1, 0.15) is 5.01 Å². The summed E-state index contributed by atoms with van der Waals surface area (Å²) in [5.41, 5.74) is 3.36. The van der Waals surface area contributed by atoms with Crippen LogP contribution in [0.5, 0.6) is 0 Å². The van der Waals surface area contributed by atoms with Crippen LogP contribution in [-0.4, -0.2) is 4.98 Å². The van der Waals surface area contributed by atoms with Gasteiger partial charge < -0.3 is 0 Å². The Labute approximate surface area is 111 Å². The molecule has 87 valence electrons. The minimum atomic E-state index is 0.854. The van der Waals surface area contributed by atoms with E-state index in [1.807, 2.05) is 36.4 Å². The summed E-state index contributed by atoms with van der Waals surface area (Å²) >= 11 is 1.64. The third-order valence-electron chi connectivity index (χ3n) is 2.75. The van der Waals surface area contributed by atoms with Gasteiger partial charge in [-0.3, -0.25) is 0 Å². The molecule has 2 heteroatoms. The topological polar surface area (TPSA) is 12.9 Å². The van der Waals surface area contributed by atoms with E-state index in [1.165, 1.54) is 10.4 Å². The highest BCUT2D eigenvalue weighted by atomic mass is 32.1. The number of nitrogens with zero attached hydrogens (tertiary/aromatic N) is 1. The van der Waals surface area contributed by atoms with Crippen molar-refractivity contribution in [3.63, 3.8) is 0 Å². The van der Waals surface area contributed by atoms with E-state index in [1.54, 1.807) is 11.3 Å². The molecule has 0 aliphatic rings. The van der Waals surface area contributed by atoms with Crippen LogP contribution in [0.25, 0.3) is 21.7 Å². The zero-order valence-corrected chi connectivity index (χ0v) is 10.7. The Kier molecular flexibility index (Phi) is 2.95. The fourth-order valence-corrected chi connectivity index (χ4v) is 2.83. The standard InChI is InChI=1S/C16H12NS/c1-12-17-15(13-8-4-2-5-9-13)16(18-12)14-10-6-3-7-11-14/h2-11H,1H2. The lowest BCUT2D eigenvalue weighted by molar-refractivity contribution is 1.36. The van der Waals surface area contributed by atoms with Gasteiger partial charge in [-0.25, -0.2) is 4.98 Å². The zero-order valence-electron chi connectivity index (χ0n) is 9.84. The third kappa shape index (κ3) is 2.07. The maximum Gasteiger partial charge on any atom is 0.0943 e. The van der Waals surface area contributed by atoms with Gasteiger partial charge in [0.15, 0.2) is 0 Å². The van der Waals surface area contributed by atoms with Crippen LogP contribution in [0.15, 0.2) is 60.7 Å². The second kappa shape index (κ2) is 4.75. The number of thiazole rings is 1. The van der Waals surface area contributed by atoms with Gasteiger partial charge >= 0.3 is 0 Å². The Morgan fingerprint density at radius 1 is 0.778 bits per heavy atom. The Morgan fingerprint density at radius 3 is 1.94 bits per heavy atom. The summed E-state index contributed by atoms with van der Waals surface area (Å²) in [6.07, 6.45) is 0. The predicted octanol–water partition coefficient (Wildman–Crippen LogP) is 4.66. The molecule has 1 heterocycles.